The normalized spacial score (nSPS) is 6.09. The molecule has 0 unspecified atom stereocenters. The van der Waals surface area contributed by atoms with Gasteiger partial charge in [0, 0.05) is 5.02 Å². The van der Waals surface area contributed by atoms with Crippen LogP contribution in [-0.2, 0) is 0 Å². The Morgan fingerprint density at radius 3 is 1.64 bits per heavy atom. The molecule has 1 aromatic carbocycles. The summed E-state index contributed by atoms with van der Waals surface area (Å²) in [5.41, 5.74) is 0. The van der Waals surface area contributed by atoms with E-state index in [0.29, 0.717) is 0 Å². The smallest absolute Gasteiger partial charge is 1.00 e. The Kier molecular flexibility index (Phi) is 21.5. The minimum atomic E-state index is 0. The van der Waals surface area contributed by atoms with Crippen molar-refractivity contribution in [1.82, 2.24) is 0 Å². The van der Waals surface area contributed by atoms with Crippen LogP contribution in [0.15, 0.2) is 30.3 Å². The second-order valence-corrected chi connectivity index (χ2v) is 1.73. The van der Waals surface area contributed by atoms with Crippen molar-refractivity contribution in [2.75, 3.05) is 0 Å². The molecule has 0 spiro atoms. The minimum absolute atomic E-state index is 0. The van der Waals surface area contributed by atoms with Gasteiger partial charge in [0.05, 0.1) is 0 Å². The molecule has 1 rings (SSSR count). The summed E-state index contributed by atoms with van der Waals surface area (Å²) in [6.07, 6.45) is 0. The largest absolute Gasteiger partial charge is 2.00 e. The molecule has 0 saturated heterocycles. The van der Waals surface area contributed by atoms with Gasteiger partial charge in [-0.25, -0.2) is 0 Å². The van der Waals surface area contributed by atoms with Crippen molar-refractivity contribution in [2.24, 2.45) is 0 Å². The molecule has 3 heteroatoms. The van der Waals surface area contributed by atoms with Gasteiger partial charge in [0.2, 0.25) is 0 Å². The standard InChI is InChI=1S/C6H5Cl.C2H5.BrH.Mg/c7-6-4-2-1-3-5-6;1-2;;/h1-5H;1H2,2H3;1H;/q;-1;;+2/p-1. The maximum absolute atomic E-state index is 5.54. The van der Waals surface area contributed by atoms with E-state index in [0.717, 1.165) is 5.02 Å². The first kappa shape index (κ1) is 17.7. The summed E-state index contributed by atoms with van der Waals surface area (Å²) >= 11 is 5.54. The van der Waals surface area contributed by atoms with Crippen molar-refractivity contribution >= 4 is 34.7 Å². The molecule has 0 aliphatic rings. The van der Waals surface area contributed by atoms with Crippen LogP contribution in [-0.4, -0.2) is 23.1 Å². The average molecular weight is 246 g/mol. The van der Waals surface area contributed by atoms with Gasteiger partial charge in [-0.05, 0) is 12.1 Å². The molecule has 0 nitrogen and oxygen atoms in total. The van der Waals surface area contributed by atoms with Crippen molar-refractivity contribution in [1.29, 1.82) is 0 Å². The van der Waals surface area contributed by atoms with Crippen LogP contribution in [0.3, 0.4) is 0 Å². The SMILES string of the molecule is Clc1ccccc1.[Br-].[CH2-]C.[Mg+2]. The Morgan fingerprint density at radius 1 is 1.09 bits per heavy atom. The topological polar surface area (TPSA) is 0 Å². The summed E-state index contributed by atoms with van der Waals surface area (Å²) in [4.78, 5) is 0. The van der Waals surface area contributed by atoms with Crippen LogP contribution in [0.2, 0.25) is 5.02 Å². The Morgan fingerprint density at radius 2 is 1.45 bits per heavy atom. The van der Waals surface area contributed by atoms with Gasteiger partial charge in [-0.15, -0.1) is 0 Å². The molecule has 0 N–H and O–H groups in total. The molecule has 58 valence electrons. The summed E-state index contributed by atoms with van der Waals surface area (Å²) in [7, 11) is 0. The van der Waals surface area contributed by atoms with E-state index in [4.69, 9.17) is 11.6 Å². The minimum Gasteiger partial charge on any atom is -1.00 e. The van der Waals surface area contributed by atoms with E-state index in [-0.39, 0.29) is 40.0 Å². The Labute approximate surface area is 100 Å². The summed E-state index contributed by atoms with van der Waals surface area (Å²) < 4.78 is 0. The summed E-state index contributed by atoms with van der Waals surface area (Å²) in [6.45, 7) is 5.00. The van der Waals surface area contributed by atoms with E-state index in [2.05, 4.69) is 6.92 Å². The molecule has 0 aliphatic carbocycles. The van der Waals surface area contributed by atoms with Crippen molar-refractivity contribution in [3.05, 3.63) is 42.3 Å². The predicted molar refractivity (Wildman–Crippen MR) is 48.2 cm³/mol. The van der Waals surface area contributed by atoms with Crippen molar-refractivity contribution < 1.29 is 17.0 Å². The zero-order valence-corrected chi connectivity index (χ0v) is 10.3. The van der Waals surface area contributed by atoms with Crippen LogP contribution in [0.1, 0.15) is 6.92 Å². The van der Waals surface area contributed by atoms with Crippen molar-refractivity contribution in [2.45, 2.75) is 6.92 Å². The second-order valence-electron chi connectivity index (χ2n) is 1.30. The predicted octanol–water partition coefficient (Wildman–Crippen LogP) is -0.196. The molecule has 0 aromatic heterocycles. The quantitative estimate of drug-likeness (QED) is 0.439. The van der Waals surface area contributed by atoms with Crippen molar-refractivity contribution in [3.63, 3.8) is 0 Å². The number of benzene rings is 1. The van der Waals surface area contributed by atoms with Gasteiger partial charge in [-0.2, -0.15) is 6.92 Å². The van der Waals surface area contributed by atoms with Crippen molar-refractivity contribution in [3.8, 4) is 0 Å². The fourth-order valence-corrected chi connectivity index (χ4v) is 0.560. The third-order valence-corrected chi connectivity index (χ3v) is 0.985. The zero-order valence-electron chi connectivity index (χ0n) is 6.56. The van der Waals surface area contributed by atoms with E-state index in [1.54, 1.807) is 6.92 Å². The van der Waals surface area contributed by atoms with E-state index >= 15 is 0 Å². The first-order valence-corrected chi connectivity index (χ1v) is 3.18. The van der Waals surface area contributed by atoms with Gasteiger partial charge in [0.25, 0.3) is 0 Å². The maximum Gasteiger partial charge on any atom is 2.00 e. The molecule has 0 saturated carbocycles. The number of hydrogen-bond donors (Lipinski definition) is 0. The van der Waals surface area contributed by atoms with E-state index in [1.165, 1.54) is 0 Å². The molecule has 0 bridgehead atoms. The van der Waals surface area contributed by atoms with Gasteiger partial charge >= 0.3 is 23.1 Å². The van der Waals surface area contributed by atoms with E-state index in [9.17, 15) is 0 Å². The van der Waals surface area contributed by atoms with Gasteiger partial charge in [0.15, 0.2) is 0 Å². The molecular formula is C8H10BrClMg. The van der Waals surface area contributed by atoms with Gasteiger partial charge in [-0.3, -0.25) is 0 Å². The third kappa shape index (κ3) is 10.8. The van der Waals surface area contributed by atoms with Crippen LogP contribution in [0.5, 0.6) is 0 Å². The van der Waals surface area contributed by atoms with E-state index in [1.807, 2.05) is 30.3 Å². The zero-order chi connectivity index (χ0) is 7.11. The summed E-state index contributed by atoms with van der Waals surface area (Å²) in [5.74, 6) is 0. The molecule has 0 amide bonds. The fraction of sp³-hybridized carbons (Fsp3) is 0.125. The Balaban J connectivity index is -0.000000149. The van der Waals surface area contributed by atoms with E-state index < -0.39 is 0 Å². The molecule has 0 aliphatic heterocycles. The van der Waals surface area contributed by atoms with Crippen LogP contribution in [0.25, 0.3) is 0 Å². The third-order valence-electron chi connectivity index (χ3n) is 0.733. The van der Waals surface area contributed by atoms with Crippen LogP contribution >= 0.6 is 11.6 Å². The molecule has 1 aromatic rings. The van der Waals surface area contributed by atoms with Gasteiger partial charge < -0.3 is 23.9 Å². The number of halogens is 2. The number of hydrogen-bond acceptors (Lipinski definition) is 0. The monoisotopic (exact) mass is 244 g/mol. The second kappa shape index (κ2) is 13.4. The Hall–Kier alpha value is 0.756. The van der Waals surface area contributed by atoms with Gasteiger partial charge in [0.1, 0.15) is 0 Å². The molecule has 0 heterocycles. The van der Waals surface area contributed by atoms with Crippen LogP contribution < -0.4 is 17.0 Å². The number of rotatable bonds is 0. The van der Waals surface area contributed by atoms with Crippen LogP contribution in [0.4, 0.5) is 0 Å². The fourth-order valence-electron chi connectivity index (χ4n) is 0.415. The summed E-state index contributed by atoms with van der Waals surface area (Å²) in [5, 5.41) is 0.794. The molecule has 0 atom stereocenters. The molecule has 0 fully saturated rings. The summed E-state index contributed by atoms with van der Waals surface area (Å²) in [6, 6.07) is 9.44. The average Bonchev–Trinajstić information content (AvgIpc) is 1.94. The maximum atomic E-state index is 5.54. The molecule has 11 heavy (non-hydrogen) atoms. The van der Waals surface area contributed by atoms with Gasteiger partial charge in [-0.1, -0.05) is 29.8 Å². The van der Waals surface area contributed by atoms with Crippen LogP contribution in [0, 0.1) is 6.92 Å². The molecular weight excluding hydrogens is 236 g/mol. The molecule has 0 radical (unpaired) electrons. The Bertz CT molecular complexity index is 144. The first-order valence-electron chi connectivity index (χ1n) is 2.81. The first-order chi connectivity index (χ1) is 4.39.